The monoisotopic (exact) mass is 825 g/mol. The molecular formula is C48H59NO11. The summed E-state index contributed by atoms with van der Waals surface area (Å²) in [5, 5.41) is 21.9. The first-order valence-corrected chi connectivity index (χ1v) is 22.9. The van der Waals surface area contributed by atoms with Gasteiger partial charge >= 0.3 is 17.9 Å². The normalized spacial score (nSPS) is 55.8. The van der Waals surface area contributed by atoms with E-state index < -0.39 is 39.7 Å². The molecule has 11 fully saturated rings. The molecule has 0 aromatic carbocycles. The highest BCUT2D eigenvalue weighted by Crippen LogP contribution is 2.79. The molecule has 8 saturated carbocycles. The topological polar surface area (TPSA) is 187 Å². The van der Waals surface area contributed by atoms with Crippen molar-refractivity contribution in [3.05, 3.63) is 11.6 Å². The third kappa shape index (κ3) is 4.27. The third-order valence-corrected chi connectivity index (χ3v) is 21.2. The standard InChI is InChI=1S/C24H29NO5.C24H30O6/c1-21-6-4-14(26)19-20(29)12(9-23(19,21)11-25)17-13-3-7-24(8-5-16(28)30-24)22(13,2)10-15(27)18(17)21;1-21-7-4-14(25)10-13(21)11-15(20(27)28-3)19-16-5-8-23(9-6-18(26)30-23)22(16,2)12-17-24(19,21)29-17/h12-13,15,17-19,27H,3-10H2,1-2H3;10,15-17,19H,4-9,11-12H2,1-3H3/t12-,13?,15-,17?,18?,19?,21?,22?,23+,24-;15-,16?,17?,19?,21?,22?,23-,24-/m11/s1. The van der Waals surface area contributed by atoms with Gasteiger partial charge in [-0.25, -0.2) is 0 Å². The van der Waals surface area contributed by atoms with Crippen molar-refractivity contribution in [3.8, 4) is 6.07 Å². The Morgan fingerprint density at radius 3 is 2.07 bits per heavy atom. The van der Waals surface area contributed by atoms with Crippen LogP contribution < -0.4 is 0 Å². The second-order valence-electron chi connectivity index (χ2n) is 22.5. The van der Waals surface area contributed by atoms with Crippen LogP contribution in [0.2, 0.25) is 0 Å². The summed E-state index contributed by atoms with van der Waals surface area (Å²) in [6.07, 6.45) is 11.6. The molecule has 12 heteroatoms. The van der Waals surface area contributed by atoms with Gasteiger partial charge in [0.2, 0.25) is 0 Å². The van der Waals surface area contributed by atoms with Crippen molar-refractivity contribution in [2.24, 2.45) is 74.4 Å². The van der Waals surface area contributed by atoms with Crippen LogP contribution in [-0.4, -0.2) is 76.5 Å². The highest BCUT2D eigenvalue weighted by molar-refractivity contribution is 6.07. The van der Waals surface area contributed by atoms with Crippen molar-refractivity contribution in [3.63, 3.8) is 0 Å². The van der Waals surface area contributed by atoms with Crippen molar-refractivity contribution >= 4 is 35.3 Å². The van der Waals surface area contributed by atoms with E-state index in [1.807, 2.05) is 0 Å². The molecule has 3 heterocycles. The maximum atomic E-state index is 13.6. The summed E-state index contributed by atoms with van der Waals surface area (Å²) >= 11 is 0. The Morgan fingerprint density at radius 1 is 0.800 bits per heavy atom. The van der Waals surface area contributed by atoms with Gasteiger partial charge in [0.15, 0.2) is 5.78 Å². The van der Waals surface area contributed by atoms with Crippen molar-refractivity contribution in [2.45, 2.75) is 159 Å². The van der Waals surface area contributed by atoms with Gasteiger partial charge in [-0.1, -0.05) is 33.3 Å². The molecule has 3 saturated heterocycles. The Balaban J connectivity index is 0.000000136. The summed E-state index contributed by atoms with van der Waals surface area (Å²) < 4.78 is 23.9. The molecule has 1 N–H and O–H groups in total. The van der Waals surface area contributed by atoms with E-state index in [1.54, 1.807) is 6.08 Å². The lowest BCUT2D eigenvalue weighted by Crippen LogP contribution is -2.65. The van der Waals surface area contributed by atoms with Crippen LogP contribution in [0.1, 0.15) is 130 Å². The summed E-state index contributed by atoms with van der Waals surface area (Å²) in [4.78, 5) is 75.9. The smallest absolute Gasteiger partial charge is 0.309 e. The second-order valence-corrected chi connectivity index (χ2v) is 22.5. The molecule has 3 aliphatic heterocycles. The van der Waals surface area contributed by atoms with Crippen molar-refractivity contribution < 1.29 is 52.8 Å². The number of nitriles is 1. The van der Waals surface area contributed by atoms with E-state index in [0.29, 0.717) is 57.8 Å². The highest BCUT2D eigenvalue weighted by Gasteiger charge is 2.84. The fourth-order valence-corrected chi connectivity index (χ4v) is 18.4. The average molecular weight is 826 g/mol. The van der Waals surface area contributed by atoms with Crippen molar-refractivity contribution in [1.82, 2.24) is 0 Å². The van der Waals surface area contributed by atoms with Crippen LogP contribution in [0.3, 0.4) is 0 Å². The lowest BCUT2D eigenvalue weighted by molar-refractivity contribution is -0.213. The summed E-state index contributed by atoms with van der Waals surface area (Å²) in [6.45, 7) is 8.72. The molecular weight excluding hydrogens is 767 g/mol. The Hall–Kier alpha value is -3.43. The predicted octanol–water partition coefficient (Wildman–Crippen LogP) is 5.70. The number of fused-ring (bicyclic) bond motifs is 11. The molecule has 3 spiro atoms. The number of nitrogens with zero attached hydrogens (tertiary/aromatic N) is 1. The molecule has 12 aliphatic rings. The minimum absolute atomic E-state index is 0.0303. The van der Waals surface area contributed by atoms with Gasteiger partial charge in [0.25, 0.3) is 0 Å². The van der Waals surface area contributed by atoms with Crippen LogP contribution in [0.25, 0.3) is 0 Å². The number of hydrogen-bond donors (Lipinski definition) is 1. The minimum Gasteiger partial charge on any atom is -0.469 e. The number of esters is 3. The van der Waals surface area contributed by atoms with Gasteiger partial charge in [-0.05, 0) is 112 Å². The predicted molar refractivity (Wildman–Crippen MR) is 209 cm³/mol. The van der Waals surface area contributed by atoms with E-state index in [4.69, 9.17) is 18.9 Å². The largest absolute Gasteiger partial charge is 0.469 e. The average Bonchev–Trinajstić information content (AvgIpc) is 3.56. The molecule has 2 bridgehead atoms. The van der Waals surface area contributed by atoms with Crippen LogP contribution in [0, 0.1) is 85.7 Å². The fraction of sp³-hybridized carbons (Fsp3) is 0.812. The molecule has 322 valence electrons. The summed E-state index contributed by atoms with van der Waals surface area (Å²) in [5.41, 5.74) is -2.61. The molecule has 60 heavy (non-hydrogen) atoms. The Labute approximate surface area is 351 Å². The number of ketones is 3. The molecule has 18 atom stereocenters. The number of ether oxygens (including phenoxy) is 4. The Morgan fingerprint density at radius 2 is 1.45 bits per heavy atom. The maximum Gasteiger partial charge on any atom is 0.309 e. The first kappa shape index (κ1) is 39.4. The molecule has 0 aromatic rings. The molecule has 12 nitrogen and oxygen atoms in total. The third-order valence-electron chi connectivity index (χ3n) is 21.2. The number of methoxy groups -OCH3 is 1. The molecule has 0 amide bonds. The van der Waals surface area contributed by atoms with Gasteiger partial charge in [0.05, 0.1) is 42.6 Å². The number of Topliss-reactive ketones (excluding diaryl/α,β-unsaturated/α-hetero) is 2. The van der Waals surface area contributed by atoms with Gasteiger partial charge in [-0.3, -0.25) is 28.8 Å². The van der Waals surface area contributed by atoms with Crippen LogP contribution in [0.5, 0.6) is 0 Å². The van der Waals surface area contributed by atoms with E-state index in [1.165, 1.54) is 7.11 Å². The Kier molecular flexibility index (Phi) is 7.87. The van der Waals surface area contributed by atoms with E-state index in [-0.39, 0.29) is 99.0 Å². The van der Waals surface area contributed by atoms with Gasteiger partial charge in [0, 0.05) is 53.8 Å². The maximum absolute atomic E-state index is 13.6. The second kappa shape index (κ2) is 12.0. The first-order chi connectivity index (χ1) is 28.3. The minimum atomic E-state index is -0.976. The first-order valence-electron chi connectivity index (χ1n) is 22.9. The molecule has 0 radical (unpaired) electrons. The molecule has 9 aliphatic carbocycles. The number of rotatable bonds is 1. The quantitative estimate of drug-likeness (QED) is 0.147. The van der Waals surface area contributed by atoms with E-state index in [2.05, 4.69) is 33.8 Å². The molecule has 11 unspecified atom stereocenters. The zero-order chi connectivity index (χ0) is 42.4. The summed E-state index contributed by atoms with van der Waals surface area (Å²) in [7, 11) is 1.45. The van der Waals surface area contributed by atoms with Crippen molar-refractivity contribution in [1.29, 1.82) is 5.26 Å². The number of epoxide rings is 1. The number of carbonyl (C=O) groups excluding carboxylic acids is 6. The highest BCUT2D eigenvalue weighted by atomic mass is 16.6. The van der Waals surface area contributed by atoms with Crippen LogP contribution in [-0.2, 0) is 47.7 Å². The van der Waals surface area contributed by atoms with E-state index in [0.717, 1.165) is 50.5 Å². The number of hydrogen-bond acceptors (Lipinski definition) is 12. The lowest BCUT2D eigenvalue weighted by atomic mass is 9.39. The van der Waals surface area contributed by atoms with Gasteiger partial charge in [0.1, 0.15) is 28.4 Å². The number of carbonyl (C=O) groups is 6. The van der Waals surface area contributed by atoms with Gasteiger partial charge in [-0.15, -0.1) is 0 Å². The zero-order valence-electron chi connectivity index (χ0n) is 35.6. The fourth-order valence-electron chi connectivity index (χ4n) is 18.4. The summed E-state index contributed by atoms with van der Waals surface area (Å²) in [6, 6.07) is 2.47. The Bertz CT molecular complexity index is 2140. The molecule has 0 aromatic heterocycles. The molecule has 12 rings (SSSR count). The van der Waals surface area contributed by atoms with Crippen molar-refractivity contribution in [2.75, 3.05) is 7.11 Å². The van der Waals surface area contributed by atoms with E-state index >= 15 is 0 Å². The van der Waals surface area contributed by atoms with E-state index in [9.17, 15) is 39.1 Å². The zero-order valence-corrected chi connectivity index (χ0v) is 35.6. The number of aliphatic hydroxyl groups excluding tert-OH is 1. The number of aliphatic hydroxyl groups is 1. The van der Waals surface area contributed by atoms with Crippen LogP contribution >= 0.6 is 0 Å². The SMILES string of the molecule is CC12C[C@@H](O)C3C(C1CC[C@@]21CCC(=O)O1)[C@H]1C[C@]2(C#N)C(C(=O)CCC32C)C1=O.COC(=O)[C@@H]1CC2=CC(=O)CCC2(C)[C@@]23OC2CC2(C)C(CC[C@@]24CCC(=O)O4)C13. The van der Waals surface area contributed by atoms with Crippen LogP contribution in [0.15, 0.2) is 11.6 Å². The van der Waals surface area contributed by atoms with Gasteiger partial charge in [-0.2, -0.15) is 5.26 Å². The van der Waals surface area contributed by atoms with Gasteiger partial charge < -0.3 is 24.1 Å². The summed E-state index contributed by atoms with van der Waals surface area (Å²) in [5.74, 6) is -1.72. The lowest BCUT2D eigenvalue weighted by Gasteiger charge is -2.64. The van der Waals surface area contributed by atoms with Crippen LogP contribution in [0.4, 0.5) is 0 Å².